The molecule has 2 heterocycles. The number of thiazole rings is 1. The number of ketones is 1. The molecule has 3 rings (SSSR count). The highest BCUT2D eigenvalue weighted by Gasteiger charge is 2.39. The number of hydrogen-bond donors (Lipinski definition) is 0. The minimum atomic E-state index is -1.02. The Labute approximate surface area is 123 Å². The molecule has 0 aliphatic carbocycles. The van der Waals surface area contributed by atoms with Crippen LogP contribution in [0.3, 0.4) is 0 Å². The van der Waals surface area contributed by atoms with E-state index in [0.29, 0.717) is 11.1 Å². The van der Waals surface area contributed by atoms with Crippen LogP contribution in [-0.4, -0.2) is 16.7 Å². The zero-order chi connectivity index (χ0) is 15.3. The minimum Gasteiger partial charge on any atom is -0.298 e. The Balaban J connectivity index is 2.05. The van der Waals surface area contributed by atoms with Crippen molar-refractivity contribution in [2.24, 2.45) is 0 Å². The highest BCUT2D eigenvalue weighted by molar-refractivity contribution is 7.11. The van der Waals surface area contributed by atoms with Crippen LogP contribution in [0.25, 0.3) is 0 Å². The Morgan fingerprint density at radius 3 is 2.57 bits per heavy atom. The Bertz CT molecular complexity index is 766. The minimum absolute atomic E-state index is 0.0276. The lowest BCUT2D eigenvalue weighted by Gasteiger charge is -2.14. The average Bonchev–Trinajstić information content (AvgIpc) is 2.83. The van der Waals surface area contributed by atoms with Crippen molar-refractivity contribution >= 4 is 28.7 Å². The fourth-order valence-corrected chi connectivity index (χ4v) is 3.16. The number of carbonyl (C=O) groups is 2. The van der Waals surface area contributed by atoms with Gasteiger partial charge in [0, 0.05) is 10.9 Å². The summed E-state index contributed by atoms with van der Waals surface area (Å²) in [5.41, 5.74) is 0.429. The fraction of sp³-hybridized carbons (Fsp3) is 0.214. The first-order valence-corrected chi connectivity index (χ1v) is 6.98. The monoisotopic (exact) mass is 308 g/mol. The van der Waals surface area contributed by atoms with Gasteiger partial charge in [0.25, 0.3) is 11.7 Å². The zero-order valence-electron chi connectivity index (χ0n) is 11.2. The van der Waals surface area contributed by atoms with Crippen LogP contribution in [0.2, 0.25) is 0 Å². The molecule has 0 unspecified atom stereocenters. The van der Waals surface area contributed by atoms with Gasteiger partial charge >= 0.3 is 0 Å². The quantitative estimate of drug-likeness (QED) is 0.802. The number of aryl methyl sites for hydroxylation is 2. The maximum absolute atomic E-state index is 13.7. The lowest BCUT2D eigenvalue weighted by molar-refractivity contribution is -0.114. The maximum atomic E-state index is 13.7. The van der Waals surface area contributed by atoms with Gasteiger partial charge in [-0.05, 0) is 19.9 Å². The number of fused-ring (bicyclic) bond motifs is 1. The van der Waals surface area contributed by atoms with Gasteiger partial charge in [0.15, 0.2) is 0 Å². The molecule has 7 heteroatoms. The lowest BCUT2D eigenvalue weighted by Crippen LogP contribution is -2.29. The molecule has 0 saturated carbocycles. The van der Waals surface area contributed by atoms with E-state index in [2.05, 4.69) is 4.98 Å². The van der Waals surface area contributed by atoms with Gasteiger partial charge in [-0.3, -0.25) is 14.5 Å². The predicted molar refractivity (Wildman–Crippen MR) is 73.5 cm³/mol. The second-order valence-electron chi connectivity index (χ2n) is 4.75. The summed E-state index contributed by atoms with van der Waals surface area (Å²) in [6, 6.07) is 1.60. The van der Waals surface area contributed by atoms with Crippen molar-refractivity contribution in [2.75, 3.05) is 4.90 Å². The number of halogens is 2. The molecule has 0 fully saturated rings. The van der Waals surface area contributed by atoms with Crippen LogP contribution in [0.1, 0.15) is 25.9 Å². The molecule has 1 aromatic heterocycles. The number of amides is 1. The topological polar surface area (TPSA) is 50.3 Å². The summed E-state index contributed by atoms with van der Waals surface area (Å²) >= 11 is 1.38. The van der Waals surface area contributed by atoms with E-state index in [-0.39, 0.29) is 17.8 Å². The van der Waals surface area contributed by atoms with Crippen molar-refractivity contribution in [3.8, 4) is 0 Å². The van der Waals surface area contributed by atoms with Gasteiger partial charge < -0.3 is 0 Å². The predicted octanol–water partition coefficient (Wildman–Crippen LogP) is 2.77. The third kappa shape index (κ3) is 2.13. The molecule has 108 valence electrons. The summed E-state index contributed by atoms with van der Waals surface area (Å²) in [7, 11) is 0. The second-order valence-corrected chi connectivity index (χ2v) is 6.04. The summed E-state index contributed by atoms with van der Waals surface area (Å²) < 4.78 is 27.1. The molecular weight excluding hydrogens is 298 g/mol. The molecule has 0 spiro atoms. The van der Waals surface area contributed by atoms with Crippen molar-refractivity contribution in [1.82, 2.24) is 4.98 Å². The number of benzene rings is 1. The molecule has 1 aliphatic rings. The number of rotatable bonds is 2. The Morgan fingerprint density at radius 2 is 1.95 bits per heavy atom. The Kier molecular flexibility index (Phi) is 3.09. The molecule has 0 atom stereocenters. The largest absolute Gasteiger partial charge is 0.299 e. The van der Waals surface area contributed by atoms with Gasteiger partial charge in [0.05, 0.1) is 23.5 Å². The van der Waals surface area contributed by atoms with Crippen molar-refractivity contribution < 1.29 is 18.4 Å². The van der Waals surface area contributed by atoms with E-state index in [4.69, 9.17) is 0 Å². The van der Waals surface area contributed by atoms with E-state index in [1.807, 2.05) is 13.8 Å². The maximum Gasteiger partial charge on any atom is 0.299 e. The average molecular weight is 308 g/mol. The standard InChI is InChI=1S/C14H10F2N2O2S/c1-6-7(2)21-11(17-6)5-18-10-4-8(15)3-9(16)12(10)13(19)14(18)20/h3-4H,5H2,1-2H3. The summed E-state index contributed by atoms with van der Waals surface area (Å²) in [6.45, 7) is 3.75. The Morgan fingerprint density at radius 1 is 1.24 bits per heavy atom. The number of aromatic nitrogens is 1. The van der Waals surface area contributed by atoms with Crippen LogP contribution >= 0.6 is 11.3 Å². The second kappa shape index (κ2) is 4.70. The van der Waals surface area contributed by atoms with Crippen LogP contribution in [0.5, 0.6) is 0 Å². The summed E-state index contributed by atoms with van der Waals surface area (Å²) in [5, 5.41) is 0.615. The van der Waals surface area contributed by atoms with Gasteiger partial charge in [0.1, 0.15) is 16.6 Å². The van der Waals surface area contributed by atoms with E-state index in [1.165, 1.54) is 11.3 Å². The van der Waals surface area contributed by atoms with E-state index in [9.17, 15) is 18.4 Å². The van der Waals surface area contributed by atoms with Crippen molar-refractivity contribution in [1.29, 1.82) is 0 Å². The summed E-state index contributed by atoms with van der Waals surface area (Å²) in [6.07, 6.45) is 0. The van der Waals surface area contributed by atoms with Gasteiger partial charge in [-0.2, -0.15) is 0 Å². The molecule has 0 bridgehead atoms. The molecular formula is C14H10F2N2O2S. The third-order valence-corrected chi connectivity index (χ3v) is 4.42. The van der Waals surface area contributed by atoms with E-state index >= 15 is 0 Å². The van der Waals surface area contributed by atoms with E-state index < -0.39 is 23.3 Å². The summed E-state index contributed by atoms with van der Waals surface area (Å²) in [5.74, 6) is -3.66. The molecule has 1 aromatic carbocycles. The molecule has 1 amide bonds. The van der Waals surface area contributed by atoms with Crippen molar-refractivity contribution in [2.45, 2.75) is 20.4 Å². The highest BCUT2D eigenvalue weighted by Crippen LogP contribution is 2.33. The highest BCUT2D eigenvalue weighted by atomic mass is 32.1. The number of carbonyl (C=O) groups excluding carboxylic acids is 2. The first-order valence-electron chi connectivity index (χ1n) is 6.16. The van der Waals surface area contributed by atoms with E-state index in [0.717, 1.165) is 21.5 Å². The summed E-state index contributed by atoms with van der Waals surface area (Å²) in [4.78, 5) is 30.2. The van der Waals surface area contributed by atoms with Crippen molar-refractivity contribution in [3.05, 3.63) is 44.9 Å². The molecule has 0 N–H and O–H groups in total. The molecule has 21 heavy (non-hydrogen) atoms. The number of anilines is 1. The zero-order valence-corrected chi connectivity index (χ0v) is 12.1. The van der Waals surface area contributed by atoms with Crippen LogP contribution < -0.4 is 4.90 Å². The third-order valence-electron chi connectivity index (χ3n) is 3.36. The molecule has 2 aromatic rings. The van der Waals surface area contributed by atoms with Crippen LogP contribution in [0.4, 0.5) is 14.5 Å². The molecule has 0 radical (unpaired) electrons. The molecule has 0 saturated heterocycles. The van der Waals surface area contributed by atoms with Crippen LogP contribution in [0.15, 0.2) is 12.1 Å². The van der Waals surface area contributed by atoms with Gasteiger partial charge in [-0.1, -0.05) is 0 Å². The first-order chi connectivity index (χ1) is 9.88. The smallest absolute Gasteiger partial charge is 0.298 e. The van der Waals surface area contributed by atoms with Gasteiger partial charge in [-0.15, -0.1) is 11.3 Å². The number of hydrogen-bond acceptors (Lipinski definition) is 4. The normalized spacial score (nSPS) is 14.0. The number of Topliss-reactive ketones (excluding diaryl/α,β-unsaturated/α-hetero) is 1. The SMILES string of the molecule is Cc1nc(CN2C(=O)C(=O)c3c(F)cc(F)cc32)sc1C. The molecule has 1 aliphatic heterocycles. The lowest BCUT2D eigenvalue weighted by atomic mass is 10.1. The first kappa shape index (κ1) is 13.8. The van der Waals surface area contributed by atoms with Gasteiger partial charge in [0.2, 0.25) is 0 Å². The number of nitrogens with zero attached hydrogens (tertiary/aromatic N) is 2. The van der Waals surface area contributed by atoms with Crippen molar-refractivity contribution in [3.63, 3.8) is 0 Å². The Hall–Kier alpha value is -2.15. The van der Waals surface area contributed by atoms with E-state index in [1.54, 1.807) is 0 Å². The fourth-order valence-electron chi connectivity index (χ4n) is 2.24. The van der Waals surface area contributed by atoms with Crippen LogP contribution in [0, 0.1) is 25.5 Å². The van der Waals surface area contributed by atoms with Crippen LogP contribution in [-0.2, 0) is 11.3 Å². The molecule has 4 nitrogen and oxygen atoms in total. The van der Waals surface area contributed by atoms with Gasteiger partial charge in [-0.25, -0.2) is 13.8 Å².